The van der Waals surface area contributed by atoms with Gasteiger partial charge >= 0.3 is 0 Å². The maximum Gasteiger partial charge on any atom is 0.269 e. The lowest BCUT2D eigenvalue weighted by Crippen LogP contribution is -2.40. The van der Waals surface area contributed by atoms with E-state index >= 15 is 0 Å². The van der Waals surface area contributed by atoms with Gasteiger partial charge < -0.3 is 0 Å². The number of rotatable bonds is 4. The van der Waals surface area contributed by atoms with E-state index < -0.39 is 17.6 Å². The highest BCUT2D eigenvalue weighted by Gasteiger charge is 2.11. The molecule has 0 bridgehead atoms. The van der Waals surface area contributed by atoms with Crippen LogP contribution in [0.5, 0.6) is 0 Å². The van der Waals surface area contributed by atoms with Gasteiger partial charge in [0, 0.05) is 22.9 Å². The van der Waals surface area contributed by atoms with E-state index in [1.165, 1.54) is 30.3 Å². The minimum absolute atomic E-state index is 0.211. The molecule has 3 rings (SSSR count). The second-order valence-corrected chi connectivity index (χ2v) is 6.26. The van der Waals surface area contributed by atoms with Gasteiger partial charge in [-0.3, -0.25) is 20.4 Å². The van der Waals surface area contributed by atoms with Gasteiger partial charge in [0.1, 0.15) is 11.6 Å². The lowest BCUT2D eigenvalue weighted by molar-refractivity contribution is -0.117. The molecule has 2 aromatic carbocycles. The van der Waals surface area contributed by atoms with E-state index in [9.17, 15) is 18.4 Å². The first-order valence-electron chi connectivity index (χ1n) is 8.71. The zero-order valence-corrected chi connectivity index (χ0v) is 15.7. The fraction of sp³-hybridized carbons (Fsp3) is 0.0952. The third kappa shape index (κ3) is 4.73. The number of carbonyl (C=O) groups is 2. The van der Waals surface area contributed by atoms with E-state index in [2.05, 4.69) is 16.0 Å². The summed E-state index contributed by atoms with van der Waals surface area (Å²) in [6, 6.07) is 10.8. The Morgan fingerprint density at radius 2 is 1.52 bits per heavy atom. The van der Waals surface area contributed by atoms with E-state index in [4.69, 9.17) is 0 Å². The summed E-state index contributed by atoms with van der Waals surface area (Å²) in [7, 11) is 0. The number of halogens is 2. The van der Waals surface area contributed by atoms with Gasteiger partial charge in [0.05, 0.1) is 11.4 Å². The number of benzene rings is 2. The molecule has 0 atom stereocenters. The lowest BCUT2D eigenvalue weighted by atomic mass is 10.2. The molecule has 0 aliphatic rings. The van der Waals surface area contributed by atoms with Crippen LogP contribution in [-0.2, 0) is 4.79 Å². The predicted molar refractivity (Wildman–Crippen MR) is 104 cm³/mol. The summed E-state index contributed by atoms with van der Waals surface area (Å²) in [5.74, 6) is -1.91. The van der Waals surface area contributed by atoms with Crippen LogP contribution in [0.1, 0.15) is 27.3 Å². The second kappa shape index (κ2) is 8.47. The zero-order chi connectivity index (χ0) is 21.0. The molecule has 0 saturated heterocycles. The molecular weight excluding hydrogens is 378 g/mol. The van der Waals surface area contributed by atoms with Crippen LogP contribution < -0.4 is 10.9 Å². The number of aryl methyl sites for hydroxylation is 1. The number of hydrazine groups is 1. The molecule has 2 N–H and O–H groups in total. The van der Waals surface area contributed by atoms with Crippen molar-refractivity contribution in [2.24, 2.45) is 0 Å². The van der Waals surface area contributed by atoms with Crippen molar-refractivity contribution in [3.8, 4) is 5.69 Å². The molecule has 29 heavy (non-hydrogen) atoms. The summed E-state index contributed by atoms with van der Waals surface area (Å²) in [5.41, 5.74) is 7.61. The molecular formula is C21H18F2N4O2. The average molecular weight is 396 g/mol. The standard InChI is InChI=1S/C21H18F2N4O2/c1-13-19(14(2)27(26-13)18-9-7-17(23)8-10-18)11-12-20(28)24-25-21(29)15-3-5-16(22)6-4-15/h3-12H,1-2H3,(H,24,28)(H,25,29)/b12-11+. The van der Waals surface area contributed by atoms with Crippen LogP contribution in [0.15, 0.2) is 54.6 Å². The fourth-order valence-electron chi connectivity index (χ4n) is 2.72. The van der Waals surface area contributed by atoms with Crippen LogP contribution in [0, 0.1) is 25.5 Å². The average Bonchev–Trinajstić information content (AvgIpc) is 2.99. The van der Waals surface area contributed by atoms with Gasteiger partial charge in [0.2, 0.25) is 0 Å². The summed E-state index contributed by atoms with van der Waals surface area (Å²) in [5, 5.41) is 4.42. The van der Waals surface area contributed by atoms with E-state index in [1.54, 1.807) is 29.8 Å². The topological polar surface area (TPSA) is 76.0 Å². The van der Waals surface area contributed by atoms with Gasteiger partial charge in [-0.2, -0.15) is 5.10 Å². The van der Waals surface area contributed by atoms with Gasteiger partial charge in [-0.05, 0) is 68.5 Å². The molecule has 0 spiro atoms. The largest absolute Gasteiger partial charge is 0.269 e. The summed E-state index contributed by atoms with van der Waals surface area (Å²) in [6.07, 6.45) is 2.84. The van der Waals surface area contributed by atoms with Crippen molar-refractivity contribution in [3.05, 3.63) is 88.8 Å². The maximum absolute atomic E-state index is 13.1. The Kier molecular flexibility index (Phi) is 5.82. The lowest BCUT2D eigenvalue weighted by Gasteiger charge is -2.05. The third-order valence-electron chi connectivity index (χ3n) is 4.23. The van der Waals surface area contributed by atoms with Gasteiger partial charge in [-0.25, -0.2) is 13.5 Å². The van der Waals surface area contributed by atoms with E-state index in [-0.39, 0.29) is 11.4 Å². The van der Waals surface area contributed by atoms with Crippen molar-refractivity contribution in [1.29, 1.82) is 0 Å². The Morgan fingerprint density at radius 1 is 0.931 bits per heavy atom. The molecule has 8 heteroatoms. The first kappa shape index (κ1) is 19.9. The Labute approximate surface area is 165 Å². The molecule has 0 fully saturated rings. The molecule has 3 aromatic rings. The van der Waals surface area contributed by atoms with Crippen molar-refractivity contribution in [3.63, 3.8) is 0 Å². The summed E-state index contributed by atoms with van der Waals surface area (Å²) >= 11 is 0. The second-order valence-electron chi connectivity index (χ2n) is 6.26. The predicted octanol–water partition coefficient (Wildman–Crippen LogP) is 3.24. The summed E-state index contributed by atoms with van der Waals surface area (Å²) < 4.78 is 27.7. The maximum atomic E-state index is 13.1. The Balaban J connectivity index is 1.66. The molecule has 0 radical (unpaired) electrons. The number of hydrogen-bond donors (Lipinski definition) is 2. The third-order valence-corrected chi connectivity index (χ3v) is 4.23. The van der Waals surface area contributed by atoms with Gasteiger partial charge in [-0.15, -0.1) is 0 Å². The van der Waals surface area contributed by atoms with Crippen molar-refractivity contribution in [1.82, 2.24) is 20.6 Å². The quantitative estimate of drug-likeness (QED) is 0.525. The highest BCUT2D eigenvalue weighted by Crippen LogP contribution is 2.19. The van der Waals surface area contributed by atoms with Crippen LogP contribution in [0.4, 0.5) is 8.78 Å². The van der Waals surface area contributed by atoms with Crippen LogP contribution in [0.25, 0.3) is 11.8 Å². The SMILES string of the molecule is Cc1nn(-c2ccc(F)cc2)c(C)c1/C=C/C(=O)NNC(=O)c1ccc(F)cc1. The smallest absolute Gasteiger partial charge is 0.268 e. The molecule has 0 saturated carbocycles. The van der Waals surface area contributed by atoms with Crippen molar-refractivity contribution < 1.29 is 18.4 Å². The van der Waals surface area contributed by atoms with Crippen molar-refractivity contribution >= 4 is 17.9 Å². The summed E-state index contributed by atoms with van der Waals surface area (Å²) in [6.45, 7) is 3.62. The molecule has 0 aliphatic heterocycles. The number of aromatic nitrogens is 2. The van der Waals surface area contributed by atoms with Gasteiger partial charge in [-0.1, -0.05) is 0 Å². The minimum atomic E-state index is -0.566. The normalized spacial score (nSPS) is 10.9. The molecule has 0 unspecified atom stereocenters. The van der Waals surface area contributed by atoms with Gasteiger partial charge in [0.15, 0.2) is 0 Å². The Hall–Kier alpha value is -3.81. The fourth-order valence-corrected chi connectivity index (χ4v) is 2.72. The number of carbonyl (C=O) groups excluding carboxylic acids is 2. The molecule has 2 amide bonds. The minimum Gasteiger partial charge on any atom is -0.268 e. The molecule has 0 aliphatic carbocycles. The highest BCUT2D eigenvalue weighted by atomic mass is 19.1. The van der Waals surface area contributed by atoms with Crippen molar-refractivity contribution in [2.45, 2.75) is 13.8 Å². The van der Waals surface area contributed by atoms with Crippen LogP contribution in [0.3, 0.4) is 0 Å². The first-order chi connectivity index (χ1) is 13.8. The molecule has 1 aromatic heterocycles. The summed E-state index contributed by atoms with van der Waals surface area (Å²) in [4.78, 5) is 23.9. The molecule has 148 valence electrons. The number of amides is 2. The van der Waals surface area contributed by atoms with Crippen LogP contribution in [0.2, 0.25) is 0 Å². The highest BCUT2D eigenvalue weighted by molar-refractivity contribution is 5.98. The number of hydrogen-bond acceptors (Lipinski definition) is 3. The van der Waals surface area contributed by atoms with Crippen LogP contribution >= 0.6 is 0 Å². The van der Waals surface area contributed by atoms with E-state index in [0.717, 1.165) is 23.4 Å². The Bertz CT molecular complexity index is 1070. The van der Waals surface area contributed by atoms with Crippen molar-refractivity contribution in [2.75, 3.05) is 0 Å². The Morgan fingerprint density at radius 3 is 2.14 bits per heavy atom. The zero-order valence-electron chi connectivity index (χ0n) is 15.7. The number of nitrogens with zero attached hydrogens (tertiary/aromatic N) is 2. The van der Waals surface area contributed by atoms with Gasteiger partial charge in [0.25, 0.3) is 11.8 Å². The molecule has 1 heterocycles. The molecule has 6 nitrogen and oxygen atoms in total. The van der Waals surface area contributed by atoms with Crippen LogP contribution in [-0.4, -0.2) is 21.6 Å². The van der Waals surface area contributed by atoms with E-state index in [1.807, 2.05) is 6.92 Å². The monoisotopic (exact) mass is 396 g/mol. The van der Waals surface area contributed by atoms with E-state index in [0.29, 0.717) is 11.4 Å². The number of nitrogens with one attached hydrogen (secondary N) is 2. The first-order valence-corrected chi connectivity index (χ1v) is 8.71.